The molecule has 1 N–H and O–H groups in total. The van der Waals surface area contributed by atoms with Crippen LogP contribution in [0.2, 0.25) is 5.02 Å². The molecule has 0 saturated carbocycles. The molecule has 0 spiro atoms. The molecular formula is C15H20ClNO4. The van der Waals surface area contributed by atoms with Gasteiger partial charge in [-0.25, -0.2) is 0 Å². The van der Waals surface area contributed by atoms with Crippen LogP contribution < -0.4 is 10.1 Å². The molecule has 1 aromatic rings. The molecule has 0 saturated heterocycles. The van der Waals surface area contributed by atoms with E-state index in [1.54, 1.807) is 18.2 Å². The van der Waals surface area contributed by atoms with E-state index in [1.165, 1.54) is 7.11 Å². The molecule has 0 radical (unpaired) electrons. The van der Waals surface area contributed by atoms with Gasteiger partial charge in [-0.15, -0.1) is 0 Å². The number of carbonyl (C=O) groups is 2. The summed E-state index contributed by atoms with van der Waals surface area (Å²) in [6.07, 6.45) is 0.259. The second-order valence-corrected chi connectivity index (χ2v) is 6.20. The summed E-state index contributed by atoms with van der Waals surface area (Å²) in [4.78, 5) is 23.2. The van der Waals surface area contributed by atoms with E-state index in [2.05, 4.69) is 5.32 Å². The average molecular weight is 314 g/mol. The van der Waals surface area contributed by atoms with Crippen molar-refractivity contribution in [2.24, 2.45) is 5.41 Å². The third-order valence-electron chi connectivity index (χ3n) is 2.47. The summed E-state index contributed by atoms with van der Waals surface area (Å²) < 4.78 is 9.93. The van der Waals surface area contributed by atoms with Gasteiger partial charge >= 0.3 is 5.97 Å². The van der Waals surface area contributed by atoms with Crippen molar-refractivity contribution in [2.45, 2.75) is 27.2 Å². The smallest absolute Gasteiger partial charge is 0.306 e. The van der Waals surface area contributed by atoms with Gasteiger partial charge in [0.1, 0.15) is 5.75 Å². The van der Waals surface area contributed by atoms with Crippen LogP contribution in [-0.2, 0) is 14.3 Å². The Bertz CT molecular complexity index is 523. The van der Waals surface area contributed by atoms with Crippen molar-refractivity contribution in [3.63, 3.8) is 0 Å². The largest absolute Gasteiger partial charge is 0.495 e. The second-order valence-electron chi connectivity index (χ2n) is 5.80. The molecule has 1 aromatic carbocycles. The van der Waals surface area contributed by atoms with Crippen molar-refractivity contribution < 1.29 is 19.1 Å². The van der Waals surface area contributed by atoms with Gasteiger partial charge in [0.05, 0.1) is 18.6 Å². The van der Waals surface area contributed by atoms with Crippen LogP contribution in [0.1, 0.15) is 27.2 Å². The number of anilines is 1. The number of hydrogen-bond acceptors (Lipinski definition) is 4. The van der Waals surface area contributed by atoms with Gasteiger partial charge in [0.25, 0.3) is 5.91 Å². The van der Waals surface area contributed by atoms with E-state index in [4.69, 9.17) is 21.1 Å². The number of rotatable bonds is 5. The zero-order chi connectivity index (χ0) is 16.0. The SMILES string of the molecule is COc1ccc(NC(=O)COC(=O)CC(C)(C)C)cc1Cl. The number of carbonyl (C=O) groups excluding carboxylic acids is 2. The molecule has 0 aliphatic carbocycles. The molecule has 0 bridgehead atoms. The van der Waals surface area contributed by atoms with Gasteiger partial charge in [0.15, 0.2) is 6.61 Å². The monoisotopic (exact) mass is 313 g/mol. The topological polar surface area (TPSA) is 64.6 Å². The van der Waals surface area contributed by atoms with Gasteiger partial charge in [-0.1, -0.05) is 32.4 Å². The average Bonchev–Trinajstić information content (AvgIpc) is 2.34. The van der Waals surface area contributed by atoms with Crippen molar-refractivity contribution in [1.82, 2.24) is 0 Å². The summed E-state index contributed by atoms with van der Waals surface area (Å²) in [5, 5.41) is 2.99. The van der Waals surface area contributed by atoms with Crippen LogP contribution in [0.4, 0.5) is 5.69 Å². The van der Waals surface area contributed by atoms with Crippen LogP contribution in [0.3, 0.4) is 0 Å². The first kappa shape index (κ1) is 17.3. The summed E-state index contributed by atoms with van der Waals surface area (Å²) >= 11 is 5.95. The van der Waals surface area contributed by atoms with Crippen molar-refractivity contribution in [2.75, 3.05) is 19.0 Å². The number of nitrogens with one attached hydrogen (secondary N) is 1. The van der Waals surface area contributed by atoms with Crippen LogP contribution in [0.5, 0.6) is 5.75 Å². The molecular weight excluding hydrogens is 294 g/mol. The Morgan fingerprint density at radius 3 is 2.48 bits per heavy atom. The minimum absolute atomic E-state index is 0.170. The molecule has 0 atom stereocenters. The van der Waals surface area contributed by atoms with Gasteiger partial charge < -0.3 is 14.8 Å². The molecule has 1 amide bonds. The predicted molar refractivity (Wildman–Crippen MR) is 81.7 cm³/mol. The fraction of sp³-hybridized carbons (Fsp3) is 0.467. The quantitative estimate of drug-likeness (QED) is 0.847. The van der Waals surface area contributed by atoms with E-state index in [9.17, 15) is 9.59 Å². The van der Waals surface area contributed by atoms with E-state index in [-0.39, 0.29) is 18.4 Å². The van der Waals surface area contributed by atoms with Gasteiger partial charge in [-0.3, -0.25) is 9.59 Å². The number of esters is 1. The van der Waals surface area contributed by atoms with Gasteiger partial charge in [0, 0.05) is 5.69 Å². The Kier molecular flexibility index (Phi) is 6.03. The highest BCUT2D eigenvalue weighted by atomic mass is 35.5. The molecule has 0 fully saturated rings. The van der Waals surface area contributed by atoms with Crippen LogP contribution in [0.15, 0.2) is 18.2 Å². The number of amides is 1. The van der Waals surface area contributed by atoms with E-state index < -0.39 is 11.9 Å². The lowest BCUT2D eigenvalue weighted by Crippen LogP contribution is -2.23. The highest BCUT2D eigenvalue weighted by Crippen LogP contribution is 2.27. The Balaban J connectivity index is 2.47. The van der Waals surface area contributed by atoms with Crippen molar-refractivity contribution in [1.29, 1.82) is 0 Å². The lowest BCUT2D eigenvalue weighted by atomic mass is 9.93. The third kappa shape index (κ3) is 6.49. The zero-order valence-corrected chi connectivity index (χ0v) is 13.4. The summed E-state index contributed by atoms with van der Waals surface area (Å²) in [6, 6.07) is 4.86. The highest BCUT2D eigenvalue weighted by molar-refractivity contribution is 6.32. The van der Waals surface area contributed by atoms with Crippen LogP contribution >= 0.6 is 11.6 Å². The van der Waals surface area contributed by atoms with Crippen molar-refractivity contribution in [3.8, 4) is 5.75 Å². The van der Waals surface area contributed by atoms with Gasteiger partial charge in [0.2, 0.25) is 0 Å². The second kappa shape index (κ2) is 7.31. The first-order valence-corrected chi connectivity index (χ1v) is 6.88. The van der Waals surface area contributed by atoms with E-state index in [0.29, 0.717) is 16.5 Å². The molecule has 5 nitrogen and oxygen atoms in total. The Morgan fingerprint density at radius 2 is 1.95 bits per heavy atom. The van der Waals surface area contributed by atoms with Crippen LogP contribution in [-0.4, -0.2) is 25.6 Å². The molecule has 1 rings (SSSR count). The molecule has 6 heteroatoms. The third-order valence-corrected chi connectivity index (χ3v) is 2.77. The van der Waals surface area contributed by atoms with Crippen LogP contribution in [0.25, 0.3) is 0 Å². The predicted octanol–water partition coefficient (Wildman–Crippen LogP) is 3.27. The minimum atomic E-state index is -0.418. The van der Waals surface area contributed by atoms with Gasteiger partial charge in [-0.05, 0) is 23.6 Å². The van der Waals surface area contributed by atoms with Gasteiger partial charge in [-0.2, -0.15) is 0 Å². The minimum Gasteiger partial charge on any atom is -0.495 e. The maximum atomic E-state index is 11.7. The summed E-state index contributed by atoms with van der Waals surface area (Å²) in [6.45, 7) is 5.45. The lowest BCUT2D eigenvalue weighted by molar-refractivity contribution is -0.149. The Labute approximate surface area is 129 Å². The maximum Gasteiger partial charge on any atom is 0.306 e. The highest BCUT2D eigenvalue weighted by Gasteiger charge is 2.18. The number of benzene rings is 1. The van der Waals surface area contributed by atoms with Crippen LogP contribution in [0, 0.1) is 5.41 Å². The molecule has 0 unspecified atom stereocenters. The molecule has 0 heterocycles. The Hall–Kier alpha value is -1.75. The standard InChI is InChI=1S/C15H20ClNO4/c1-15(2,3)8-14(19)21-9-13(18)17-10-5-6-12(20-4)11(16)7-10/h5-7H,8-9H2,1-4H3,(H,17,18). The first-order chi connectivity index (χ1) is 9.71. The summed E-state index contributed by atoms with van der Waals surface area (Å²) in [5.41, 5.74) is 0.342. The fourth-order valence-electron chi connectivity index (χ4n) is 1.57. The van der Waals surface area contributed by atoms with E-state index in [0.717, 1.165) is 0 Å². The molecule has 116 valence electrons. The van der Waals surface area contributed by atoms with Crippen molar-refractivity contribution >= 4 is 29.2 Å². The maximum absolute atomic E-state index is 11.7. The molecule has 0 aromatic heterocycles. The van der Waals surface area contributed by atoms with Crippen molar-refractivity contribution in [3.05, 3.63) is 23.2 Å². The number of ether oxygens (including phenoxy) is 2. The molecule has 0 aliphatic rings. The first-order valence-electron chi connectivity index (χ1n) is 6.50. The fourth-order valence-corrected chi connectivity index (χ4v) is 1.83. The number of halogens is 1. The molecule has 0 aliphatic heterocycles. The number of methoxy groups -OCH3 is 1. The summed E-state index contributed by atoms with van der Waals surface area (Å²) in [7, 11) is 1.51. The van der Waals surface area contributed by atoms with E-state index >= 15 is 0 Å². The number of hydrogen-bond donors (Lipinski definition) is 1. The lowest BCUT2D eigenvalue weighted by Gasteiger charge is -2.16. The normalized spacial score (nSPS) is 10.9. The van der Waals surface area contributed by atoms with E-state index in [1.807, 2.05) is 20.8 Å². The zero-order valence-electron chi connectivity index (χ0n) is 12.7. The summed E-state index contributed by atoms with van der Waals surface area (Å²) in [5.74, 6) is -0.296. The molecule has 21 heavy (non-hydrogen) atoms. The Morgan fingerprint density at radius 1 is 1.29 bits per heavy atom.